The Labute approximate surface area is 104 Å². The van der Waals surface area contributed by atoms with Crippen molar-refractivity contribution in [3.63, 3.8) is 0 Å². The van der Waals surface area contributed by atoms with Crippen LogP contribution < -0.4 is 5.73 Å². The van der Waals surface area contributed by atoms with E-state index < -0.39 is 0 Å². The van der Waals surface area contributed by atoms with Gasteiger partial charge >= 0.3 is 0 Å². The largest absolute Gasteiger partial charge is 0.330 e. The molecule has 2 heterocycles. The fourth-order valence-electron chi connectivity index (χ4n) is 2.51. The fourth-order valence-corrected chi connectivity index (χ4v) is 2.51. The fraction of sp³-hybridized carbons (Fsp3) is 0.769. The van der Waals surface area contributed by atoms with Crippen LogP contribution in [0.3, 0.4) is 0 Å². The quantitative estimate of drug-likeness (QED) is 0.841. The van der Waals surface area contributed by atoms with Crippen molar-refractivity contribution in [2.45, 2.75) is 38.6 Å². The second-order valence-corrected chi connectivity index (χ2v) is 4.89. The number of aromatic nitrogens is 2. The highest BCUT2D eigenvalue weighted by Gasteiger charge is 2.19. The average Bonchev–Trinajstić information content (AvgIpc) is 2.85. The van der Waals surface area contributed by atoms with Gasteiger partial charge in [0, 0.05) is 19.3 Å². The molecule has 0 atom stereocenters. The van der Waals surface area contributed by atoms with E-state index in [0.29, 0.717) is 6.04 Å². The molecule has 4 nitrogen and oxygen atoms in total. The van der Waals surface area contributed by atoms with E-state index in [1.807, 2.05) is 6.20 Å². The monoisotopic (exact) mass is 236 g/mol. The van der Waals surface area contributed by atoms with Crippen molar-refractivity contribution in [1.29, 1.82) is 0 Å². The second-order valence-electron chi connectivity index (χ2n) is 4.89. The smallest absolute Gasteiger partial charge is 0.0543 e. The van der Waals surface area contributed by atoms with Crippen molar-refractivity contribution < 1.29 is 0 Å². The lowest BCUT2D eigenvalue weighted by Gasteiger charge is -2.31. The number of nitrogens with zero attached hydrogens (tertiary/aromatic N) is 3. The molecule has 0 amide bonds. The maximum atomic E-state index is 5.52. The topological polar surface area (TPSA) is 47.1 Å². The highest BCUT2D eigenvalue weighted by atomic mass is 15.3. The Morgan fingerprint density at radius 1 is 1.41 bits per heavy atom. The van der Waals surface area contributed by atoms with Crippen molar-refractivity contribution in [3.05, 3.63) is 18.0 Å². The minimum absolute atomic E-state index is 0.601. The summed E-state index contributed by atoms with van der Waals surface area (Å²) in [5.41, 5.74) is 6.85. The number of nitrogens with two attached hydrogens (primary N) is 1. The summed E-state index contributed by atoms with van der Waals surface area (Å²) in [6, 6.07) is 0.601. The molecular formula is C13H24N4. The summed E-state index contributed by atoms with van der Waals surface area (Å²) < 4.78 is 2.17. The van der Waals surface area contributed by atoms with Gasteiger partial charge in [-0.1, -0.05) is 6.92 Å². The molecule has 1 aromatic rings. The van der Waals surface area contributed by atoms with Gasteiger partial charge in [-0.05, 0) is 44.3 Å². The van der Waals surface area contributed by atoms with Gasteiger partial charge in [0.1, 0.15) is 0 Å². The van der Waals surface area contributed by atoms with Gasteiger partial charge in [-0.3, -0.25) is 4.68 Å². The minimum Gasteiger partial charge on any atom is -0.330 e. The van der Waals surface area contributed by atoms with E-state index in [0.717, 1.165) is 19.4 Å². The lowest BCUT2D eigenvalue weighted by molar-refractivity contribution is 0.187. The Morgan fingerprint density at radius 2 is 2.18 bits per heavy atom. The first-order valence-electron chi connectivity index (χ1n) is 6.79. The maximum Gasteiger partial charge on any atom is 0.0543 e. The summed E-state index contributed by atoms with van der Waals surface area (Å²) in [6.45, 7) is 6.59. The molecule has 1 aliphatic rings. The van der Waals surface area contributed by atoms with Gasteiger partial charge in [-0.2, -0.15) is 5.10 Å². The molecule has 1 aromatic heterocycles. The number of hydrogen-bond acceptors (Lipinski definition) is 3. The molecule has 17 heavy (non-hydrogen) atoms. The van der Waals surface area contributed by atoms with Gasteiger partial charge in [0.05, 0.1) is 12.2 Å². The van der Waals surface area contributed by atoms with E-state index in [2.05, 4.69) is 27.8 Å². The van der Waals surface area contributed by atoms with Gasteiger partial charge in [0.2, 0.25) is 0 Å². The lowest BCUT2D eigenvalue weighted by Crippen LogP contribution is -2.34. The van der Waals surface area contributed by atoms with E-state index in [-0.39, 0.29) is 0 Å². The van der Waals surface area contributed by atoms with Crippen LogP contribution in [0.1, 0.15) is 37.8 Å². The first-order valence-corrected chi connectivity index (χ1v) is 6.79. The third-order valence-electron chi connectivity index (χ3n) is 3.70. The number of aryl methyl sites for hydroxylation is 1. The highest BCUT2D eigenvalue weighted by Crippen LogP contribution is 2.21. The van der Waals surface area contributed by atoms with Crippen molar-refractivity contribution in [3.8, 4) is 0 Å². The molecule has 0 spiro atoms. The van der Waals surface area contributed by atoms with E-state index >= 15 is 0 Å². The molecule has 2 rings (SSSR count). The first-order chi connectivity index (χ1) is 8.33. The van der Waals surface area contributed by atoms with Crippen molar-refractivity contribution in [1.82, 2.24) is 14.7 Å². The summed E-state index contributed by atoms with van der Waals surface area (Å²) in [7, 11) is 0. The molecular weight excluding hydrogens is 212 g/mol. The third kappa shape index (κ3) is 3.30. The molecule has 1 saturated heterocycles. The maximum absolute atomic E-state index is 5.52. The zero-order valence-corrected chi connectivity index (χ0v) is 10.8. The van der Waals surface area contributed by atoms with E-state index in [9.17, 15) is 0 Å². The van der Waals surface area contributed by atoms with Crippen molar-refractivity contribution in [2.24, 2.45) is 5.73 Å². The molecule has 0 saturated carbocycles. The summed E-state index contributed by atoms with van der Waals surface area (Å²) in [6.07, 6.45) is 8.78. The van der Waals surface area contributed by atoms with Crippen LogP contribution in [0, 0.1) is 0 Å². The van der Waals surface area contributed by atoms with Crippen LogP contribution in [-0.2, 0) is 6.42 Å². The number of rotatable bonds is 5. The highest BCUT2D eigenvalue weighted by molar-refractivity contribution is 5.05. The molecule has 96 valence electrons. The van der Waals surface area contributed by atoms with Gasteiger partial charge in [0.25, 0.3) is 0 Å². The van der Waals surface area contributed by atoms with Crippen LogP contribution >= 0.6 is 0 Å². The Bertz CT molecular complexity index is 326. The summed E-state index contributed by atoms with van der Waals surface area (Å²) >= 11 is 0. The molecule has 2 N–H and O–H groups in total. The zero-order chi connectivity index (χ0) is 12.1. The van der Waals surface area contributed by atoms with Crippen LogP contribution in [0.2, 0.25) is 0 Å². The Balaban J connectivity index is 1.87. The van der Waals surface area contributed by atoms with Crippen molar-refractivity contribution in [2.75, 3.05) is 26.2 Å². The van der Waals surface area contributed by atoms with Crippen LogP contribution in [0.5, 0.6) is 0 Å². The Hall–Kier alpha value is -0.870. The predicted octanol–water partition coefficient (Wildman–Crippen LogP) is 1.43. The third-order valence-corrected chi connectivity index (χ3v) is 3.70. The Kier molecular flexibility index (Phi) is 4.57. The number of hydrogen-bond donors (Lipinski definition) is 1. The normalized spacial score (nSPS) is 18.7. The molecule has 0 radical (unpaired) electrons. The van der Waals surface area contributed by atoms with Crippen LogP contribution in [-0.4, -0.2) is 40.9 Å². The van der Waals surface area contributed by atoms with Crippen LogP contribution in [0.15, 0.2) is 12.4 Å². The summed E-state index contributed by atoms with van der Waals surface area (Å²) in [5.74, 6) is 0. The number of piperidine rings is 1. The van der Waals surface area contributed by atoms with Crippen LogP contribution in [0.4, 0.5) is 0 Å². The van der Waals surface area contributed by atoms with E-state index in [1.165, 1.54) is 38.0 Å². The summed E-state index contributed by atoms with van der Waals surface area (Å²) in [4.78, 5) is 2.51. The van der Waals surface area contributed by atoms with Crippen LogP contribution in [0.25, 0.3) is 0 Å². The summed E-state index contributed by atoms with van der Waals surface area (Å²) in [5, 5.41) is 4.50. The molecule has 0 unspecified atom stereocenters. The number of likely N-dealkylation sites (tertiary alicyclic amines) is 1. The molecule has 0 aromatic carbocycles. The second kappa shape index (κ2) is 6.17. The van der Waals surface area contributed by atoms with Gasteiger partial charge < -0.3 is 10.6 Å². The average molecular weight is 236 g/mol. The Morgan fingerprint density at radius 3 is 2.82 bits per heavy atom. The van der Waals surface area contributed by atoms with Crippen molar-refractivity contribution >= 4 is 0 Å². The van der Waals surface area contributed by atoms with Gasteiger partial charge in [-0.15, -0.1) is 0 Å². The zero-order valence-electron chi connectivity index (χ0n) is 10.8. The minimum atomic E-state index is 0.601. The van der Waals surface area contributed by atoms with Gasteiger partial charge in [-0.25, -0.2) is 0 Å². The SMILES string of the molecule is CCN1CCC(n2cc(CCCN)cn2)CC1. The molecule has 0 bridgehead atoms. The molecule has 0 aliphatic carbocycles. The molecule has 4 heteroatoms. The van der Waals surface area contributed by atoms with E-state index in [4.69, 9.17) is 5.73 Å². The van der Waals surface area contributed by atoms with Gasteiger partial charge in [0.15, 0.2) is 0 Å². The lowest BCUT2D eigenvalue weighted by atomic mass is 10.1. The first kappa shape index (κ1) is 12.6. The standard InChI is InChI=1S/C13H24N4/c1-2-16-8-5-13(6-9-16)17-11-12(10-15-17)4-3-7-14/h10-11,13H,2-9,14H2,1H3. The van der Waals surface area contributed by atoms with E-state index in [1.54, 1.807) is 0 Å². The molecule has 1 fully saturated rings. The predicted molar refractivity (Wildman–Crippen MR) is 70.0 cm³/mol. The molecule has 1 aliphatic heterocycles.